The third-order valence-electron chi connectivity index (χ3n) is 3.66. The van der Waals surface area contributed by atoms with E-state index in [4.69, 9.17) is 16.3 Å². The Balaban J connectivity index is 1.81. The van der Waals surface area contributed by atoms with Gasteiger partial charge in [-0.1, -0.05) is 41.9 Å². The highest BCUT2D eigenvalue weighted by Crippen LogP contribution is 2.35. The molecular formula is C17H15ClO2. The maximum atomic E-state index is 12.5. The highest BCUT2D eigenvalue weighted by atomic mass is 35.5. The van der Waals surface area contributed by atoms with Crippen LogP contribution in [0.1, 0.15) is 22.6 Å². The lowest BCUT2D eigenvalue weighted by atomic mass is 9.92. The Kier molecular flexibility index (Phi) is 3.49. The molecule has 0 N–H and O–H groups in total. The van der Waals surface area contributed by atoms with Crippen molar-refractivity contribution < 1.29 is 9.53 Å². The second-order valence-corrected chi connectivity index (χ2v) is 5.55. The summed E-state index contributed by atoms with van der Waals surface area (Å²) in [5.41, 5.74) is 2.97. The van der Waals surface area contributed by atoms with Gasteiger partial charge in [0.05, 0.1) is 5.92 Å². The average Bonchev–Trinajstić information content (AvgIpc) is 2.86. The van der Waals surface area contributed by atoms with E-state index in [0.717, 1.165) is 22.4 Å². The first-order valence-electron chi connectivity index (χ1n) is 6.64. The van der Waals surface area contributed by atoms with Gasteiger partial charge in [-0.2, -0.15) is 0 Å². The highest BCUT2D eigenvalue weighted by molar-refractivity contribution is 6.31. The van der Waals surface area contributed by atoms with E-state index in [-0.39, 0.29) is 11.7 Å². The van der Waals surface area contributed by atoms with Gasteiger partial charge < -0.3 is 4.74 Å². The van der Waals surface area contributed by atoms with Crippen LogP contribution < -0.4 is 4.74 Å². The van der Waals surface area contributed by atoms with E-state index in [1.165, 1.54) is 0 Å². The number of hydrogen-bond donors (Lipinski definition) is 0. The van der Waals surface area contributed by atoms with Gasteiger partial charge in [0.2, 0.25) is 0 Å². The molecule has 20 heavy (non-hydrogen) atoms. The van der Waals surface area contributed by atoms with Crippen LogP contribution in [-0.2, 0) is 11.2 Å². The molecule has 3 rings (SSSR count). The zero-order valence-electron chi connectivity index (χ0n) is 11.2. The molecule has 0 radical (unpaired) electrons. The van der Waals surface area contributed by atoms with E-state index in [1.54, 1.807) is 0 Å². The summed E-state index contributed by atoms with van der Waals surface area (Å²) in [6.07, 6.45) is 0.349. The largest absolute Gasteiger partial charge is 0.492 e. The fraction of sp³-hybridized carbons (Fsp3) is 0.235. The van der Waals surface area contributed by atoms with Crippen molar-refractivity contribution in [2.45, 2.75) is 19.3 Å². The third-order valence-corrected chi connectivity index (χ3v) is 4.01. The lowest BCUT2D eigenvalue weighted by Crippen LogP contribution is -2.16. The summed E-state index contributed by atoms with van der Waals surface area (Å²) < 4.78 is 5.57. The monoisotopic (exact) mass is 286 g/mol. The zero-order chi connectivity index (χ0) is 14.1. The van der Waals surface area contributed by atoms with Gasteiger partial charge >= 0.3 is 0 Å². The molecule has 0 spiro atoms. The number of ether oxygens (including phenoxy) is 1. The molecule has 2 aromatic carbocycles. The summed E-state index contributed by atoms with van der Waals surface area (Å²) in [6.45, 7) is 2.42. The Morgan fingerprint density at radius 1 is 1.30 bits per heavy atom. The van der Waals surface area contributed by atoms with E-state index in [0.29, 0.717) is 18.1 Å². The van der Waals surface area contributed by atoms with Crippen LogP contribution in [0.25, 0.3) is 0 Å². The highest BCUT2D eigenvalue weighted by Gasteiger charge is 2.29. The smallest absolute Gasteiger partial charge is 0.148 e. The standard InChI is InChI=1S/C17H15ClO2/c1-11-6-7-12(15(18)8-11)9-16(19)14-10-20-17-5-3-2-4-13(14)17/h2-8,14H,9-10H2,1H3. The summed E-state index contributed by atoms with van der Waals surface area (Å²) >= 11 is 6.20. The van der Waals surface area contributed by atoms with Gasteiger partial charge in [0.15, 0.2) is 0 Å². The first-order chi connectivity index (χ1) is 9.65. The summed E-state index contributed by atoms with van der Waals surface area (Å²) in [4.78, 5) is 12.5. The summed E-state index contributed by atoms with van der Waals surface area (Å²) in [5.74, 6) is 0.796. The number of Topliss-reactive ketones (excluding diaryl/α,β-unsaturated/α-hetero) is 1. The van der Waals surface area contributed by atoms with Crippen LogP contribution >= 0.6 is 11.6 Å². The SMILES string of the molecule is Cc1ccc(CC(=O)C2COc3ccccc32)c(Cl)c1. The molecule has 0 saturated carbocycles. The molecule has 0 saturated heterocycles. The molecule has 0 aliphatic carbocycles. The van der Waals surface area contributed by atoms with Crippen LogP contribution in [0, 0.1) is 6.92 Å². The number of hydrogen-bond acceptors (Lipinski definition) is 2. The Morgan fingerprint density at radius 2 is 2.10 bits per heavy atom. The van der Waals surface area contributed by atoms with Gasteiger partial charge in [0, 0.05) is 17.0 Å². The number of halogens is 1. The van der Waals surface area contributed by atoms with Crippen molar-refractivity contribution >= 4 is 17.4 Å². The molecular weight excluding hydrogens is 272 g/mol. The minimum Gasteiger partial charge on any atom is -0.492 e. The lowest BCUT2D eigenvalue weighted by Gasteiger charge is -2.09. The molecule has 0 bridgehead atoms. The van der Waals surface area contributed by atoms with Crippen LogP contribution in [0.4, 0.5) is 0 Å². The molecule has 2 aromatic rings. The van der Waals surface area contributed by atoms with Crippen LogP contribution in [-0.4, -0.2) is 12.4 Å². The Bertz CT molecular complexity index is 664. The van der Waals surface area contributed by atoms with Crippen molar-refractivity contribution in [1.82, 2.24) is 0 Å². The van der Waals surface area contributed by atoms with Crippen molar-refractivity contribution in [3.8, 4) is 5.75 Å². The molecule has 0 fully saturated rings. The van der Waals surface area contributed by atoms with Crippen LogP contribution in [0.3, 0.4) is 0 Å². The molecule has 1 unspecified atom stereocenters. The number of fused-ring (bicyclic) bond motifs is 1. The first-order valence-corrected chi connectivity index (χ1v) is 7.02. The first kappa shape index (κ1) is 13.2. The Morgan fingerprint density at radius 3 is 2.90 bits per heavy atom. The van der Waals surface area contributed by atoms with E-state index in [1.807, 2.05) is 49.4 Å². The van der Waals surface area contributed by atoms with Crippen molar-refractivity contribution in [2.24, 2.45) is 0 Å². The molecule has 102 valence electrons. The summed E-state index contributed by atoms with van der Waals surface area (Å²) in [7, 11) is 0. The molecule has 2 nitrogen and oxygen atoms in total. The summed E-state index contributed by atoms with van der Waals surface area (Å²) in [6, 6.07) is 13.5. The number of carbonyl (C=O) groups is 1. The molecule has 3 heteroatoms. The van der Waals surface area contributed by atoms with Gasteiger partial charge in [-0.05, 0) is 30.2 Å². The van der Waals surface area contributed by atoms with Crippen molar-refractivity contribution in [2.75, 3.05) is 6.61 Å². The van der Waals surface area contributed by atoms with E-state index >= 15 is 0 Å². The van der Waals surface area contributed by atoms with E-state index in [2.05, 4.69) is 0 Å². The number of rotatable bonds is 3. The number of ketones is 1. The molecule has 1 aliphatic heterocycles. The van der Waals surface area contributed by atoms with E-state index < -0.39 is 0 Å². The summed E-state index contributed by atoms with van der Waals surface area (Å²) in [5, 5.41) is 0.658. The van der Waals surface area contributed by atoms with Gasteiger partial charge in [-0.25, -0.2) is 0 Å². The van der Waals surface area contributed by atoms with E-state index in [9.17, 15) is 4.79 Å². The maximum Gasteiger partial charge on any atom is 0.148 e. The van der Waals surface area contributed by atoms with Crippen molar-refractivity contribution in [1.29, 1.82) is 0 Å². The number of aryl methyl sites for hydroxylation is 1. The maximum absolute atomic E-state index is 12.5. The topological polar surface area (TPSA) is 26.3 Å². The fourth-order valence-electron chi connectivity index (χ4n) is 2.54. The second-order valence-electron chi connectivity index (χ2n) is 5.14. The van der Waals surface area contributed by atoms with Crippen molar-refractivity contribution in [3.63, 3.8) is 0 Å². The number of para-hydroxylation sites is 1. The minimum atomic E-state index is -0.177. The third kappa shape index (κ3) is 2.44. The Hall–Kier alpha value is -1.80. The quantitative estimate of drug-likeness (QED) is 0.854. The number of carbonyl (C=O) groups excluding carboxylic acids is 1. The fourth-order valence-corrected chi connectivity index (χ4v) is 2.84. The van der Waals surface area contributed by atoms with Gasteiger partial charge in [-0.3, -0.25) is 4.79 Å². The molecule has 1 atom stereocenters. The molecule has 0 aromatic heterocycles. The predicted octanol–water partition coefficient (Wildman–Crippen LogP) is 3.94. The van der Waals surface area contributed by atoms with Crippen LogP contribution in [0.5, 0.6) is 5.75 Å². The zero-order valence-corrected chi connectivity index (χ0v) is 12.0. The normalized spacial score (nSPS) is 16.6. The number of benzene rings is 2. The van der Waals surface area contributed by atoms with Crippen LogP contribution in [0.15, 0.2) is 42.5 Å². The van der Waals surface area contributed by atoms with Gasteiger partial charge in [-0.15, -0.1) is 0 Å². The van der Waals surface area contributed by atoms with Gasteiger partial charge in [0.25, 0.3) is 0 Å². The average molecular weight is 287 g/mol. The Labute approximate surface area is 123 Å². The minimum absolute atomic E-state index is 0.153. The predicted molar refractivity (Wildman–Crippen MR) is 79.6 cm³/mol. The molecule has 1 aliphatic rings. The van der Waals surface area contributed by atoms with Gasteiger partial charge in [0.1, 0.15) is 18.1 Å². The molecule has 1 heterocycles. The second kappa shape index (κ2) is 5.29. The lowest BCUT2D eigenvalue weighted by molar-refractivity contribution is -0.120. The van der Waals surface area contributed by atoms with Crippen molar-refractivity contribution in [3.05, 3.63) is 64.2 Å². The van der Waals surface area contributed by atoms with Crippen LogP contribution in [0.2, 0.25) is 5.02 Å². The molecule has 0 amide bonds.